The maximum absolute atomic E-state index is 12.0. The number of para-hydroxylation sites is 1. The number of nitrogens with one attached hydrogen (secondary N) is 3. The number of hydrogen-bond donors (Lipinski definition) is 3. The molecule has 3 rings (SSSR count). The number of carbonyl (C=O) groups excluding carboxylic acids is 1. The maximum Gasteiger partial charge on any atom is 0.253 e. The summed E-state index contributed by atoms with van der Waals surface area (Å²) in [6.45, 7) is 0.245. The van der Waals surface area contributed by atoms with E-state index in [-0.39, 0.29) is 12.5 Å². The third-order valence-corrected chi connectivity index (χ3v) is 2.63. The van der Waals surface area contributed by atoms with Gasteiger partial charge in [-0.05, 0) is 6.07 Å². The van der Waals surface area contributed by atoms with Gasteiger partial charge < -0.3 is 10.3 Å². The fraction of sp³-hybridized carbons (Fsp3) is 0.0909. The average molecular weight is 242 g/mol. The third kappa shape index (κ3) is 1.81. The highest BCUT2D eigenvalue weighted by Gasteiger charge is 2.11. The van der Waals surface area contributed by atoms with Gasteiger partial charge in [0.15, 0.2) is 5.82 Å². The van der Waals surface area contributed by atoms with Gasteiger partial charge in [-0.1, -0.05) is 23.4 Å². The lowest BCUT2D eigenvalue weighted by Gasteiger charge is -2.00. The van der Waals surface area contributed by atoms with Crippen molar-refractivity contribution in [1.29, 1.82) is 0 Å². The van der Waals surface area contributed by atoms with Gasteiger partial charge in [0.25, 0.3) is 5.91 Å². The highest BCUT2D eigenvalue weighted by molar-refractivity contribution is 6.06. The number of nitrogens with zero attached hydrogens (tertiary/aromatic N) is 3. The molecule has 0 unspecified atom stereocenters. The van der Waals surface area contributed by atoms with E-state index in [9.17, 15) is 4.79 Å². The van der Waals surface area contributed by atoms with Crippen molar-refractivity contribution >= 4 is 16.8 Å². The van der Waals surface area contributed by atoms with Gasteiger partial charge in [-0.25, -0.2) is 0 Å². The van der Waals surface area contributed by atoms with Crippen molar-refractivity contribution < 1.29 is 4.79 Å². The largest absolute Gasteiger partial charge is 0.360 e. The van der Waals surface area contributed by atoms with Gasteiger partial charge >= 0.3 is 0 Å². The number of aromatic amines is 2. The highest BCUT2D eigenvalue weighted by Crippen LogP contribution is 2.17. The second kappa shape index (κ2) is 4.28. The second-order valence-electron chi connectivity index (χ2n) is 3.76. The van der Waals surface area contributed by atoms with Crippen molar-refractivity contribution in [2.24, 2.45) is 0 Å². The van der Waals surface area contributed by atoms with Crippen LogP contribution in [0.2, 0.25) is 0 Å². The number of aromatic nitrogens is 5. The van der Waals surface area contributed by atoms with Gasteiger partial charge in [0.2, 0.25) is 0 Å². The molecule has 7 heteroatoms. The number of carbonyl (C=O) groups is 1. The van der Waals surface area contributed by atoms with Crippen LogP contribution < -0.4 is 5.32 Å². The number of benzene rings is 1. The van der Waals surface area contributed by atoms with Crippen molar-refractivity contribution in [1.82, 2.24) is 30.9 Å². The predicted octanol–water partition coefficient (Wildman–Crippen LogP) is 0.611. The molecule has 3 N–H and O–H groups in total. The zero-order chi connectivity index (χ0) is 12.4. The molecular formula is C11H10N6O. The molecule has 1 aromatic carbocycles. The Balaban J connectivity index is 1.80. The Kier molecular flexibility index (Phi) is 2.49. The summed E-state index contributed by atoms with van der Waals surface area (Å²) in [4.78, 5) is 15.0. The minimum Gasteiger partial charge on any atom is -0.360 e. The van der Waals surface area contributed by atoms with Gasteiger partial charge in [0.05, 0.1) is 12.1 Å². The summed E-state index contributed by atoms with van der Waals surface area (Å²) < 4.78 is 0. The molecule has 2 aromatic heterocycles. The Hall–Kier alpha value is -2.70. The van der Waals surface area contributed by atoms with E-state index in [0.29, 0.717) is 11.4 Å². The lowest BCUT2D eigenvalue weighted by Crippen LogP contribution is -2.23. The molecule has 90 valence electrons. The van der Waals surface area contributed by atoms with Gasteiger partial charge in [-0.15, -0.1) is 10.2 Å². The van der Waals surface area contributed by atoms with Crippen LogP contribution in [0.1, 0.15) is 16.2 Å². The van der Waals surface area contributed by atoms with E-state index in [4.69, 9.17) is 0 Å². The summed E-state index contributed by atoms with van der Waals surface area (Å²) >= 11 is 0. The van der Waals surface area contributed by atoms with E-state index in [1.165, 1.54) is 0 Å². The zero-order valence-electron chi connectivity index (χ0n) is 9.34. The monoisotopic (exact) mass is 242 g/mol. The van der Waals surface area contributed by atoms with Gasteiger partial charge in [0, 0.05) is 17.1 Å². The Bertz CT molecular complexity index is 672. The molecule has 0 radical (unpaired) electrons. The van der Waals surface area contributed by atoms with Crippen molar-refractivity contribution in [2.75, 3.05) is 0 Å². The van der Waals surface area contributed by atoms with Crippen molar-refractivity contribution in [2.45, 2.75) is 6.54 Å². The first-order valence-corrected chi connectivity index (χ1v) is 5.41. The van der Waals surface area contributed by atoms with Gasteiger partial charge in [-0.2, -0.15) is 5.21 Å². The van der Waals surface area contributed by atoms with Gasteiger partial charge in [-0.3, -0.25) is 4.79 Å². The molecule has 0 aliphatic rings. The molecule has 0 saturated carbocycles. The molecule has 0 atom stereocenters. The van der Waals surface area contributed by atoms with E-state index in [0.717, 1.165) is 10.9 Å². The topological polar surface area (TPSA) is 99.3 Å². The lowest BCUT2D eigenvalue weighted by atomic mass is 10.1. The third-order valence-electron chi connectivity index (χ3n) is 2.63. The number of tetrazole rings is 1. The molecule has 0 aliphatic carbocycles. The van der Waals surface area contributed by atoms with Gasteiger partial charge in [0.1, 0.15) is 0 Å². The van der Waals surface area contributed by atoms with E-state index < -0.39 is 0 Å². The number of fused-ring (bicyclic) bond motifs is 1. The van der Waals surface area contributed by atoms with Crippen LogP contribution in [0.3, 0.4) is 0 Å². The van der Waals surface area contributed by atoms with E-state index >= 15 is 0 Å². The Morgan fingerprint density at radius 3 is 3.06 bits per heavy atom. The summed E-state index contributed by atoms with van der Waals surface area (Å²) in [6, 6.07) is 7.63. The molecule has 0 bridgehead atoms. The van der Waals surface area contributed by atoms with E-state index in [1.54, 1.807) is 6.20 Å². The Morgan fingerprint density at radius 2 is 2.22 bits per heavy atom. The summed E-state index contributed by atoms with van der Waals surface area (Å²) in [6.07, 6.45) is 1.69. The molecular weight excluding hydrogens is 232 g/mol. The SMILES string of the molecule is O=C(NCc1nn[nH]n1)c1c[nH]c2ccccc12. The number of H-pyrrole nitrogens is 2. The number of hydrogen-bond acceptors (Lipinski definition) is 4. The summed E-state index contributed by atoms with van der Waals surface area (Å²) in [5.74, 6) is 0.278. The van der Waals surface area contributed by atoms with Crippen LogP contribution in [0.15, 0.2) is 30.5 Å². The summed E-state index contributed by atoms with van der Waals surface area (Å²) in [5, 5.41) is 16.9. The molecule has 0 saturated heterocycles. The van der Waals surface area contributed by atoms with Crippen LogP contribution in [-0.2, 0) is 6.54 Å². The summed E-state index contributed by atoms with van der Waals surface area (Å²) in [7, 11) is 0. The van der Waals surface area contributed by atoms with Crippen molar-refractivity contribution in [3.05, 3.63) is 41.9 Å². The Labute approximate surface area is 102 Å². The van der Waals surface area contributed by atoms with E-state index in [2.05, 4.69) is 30.9 Å². The van der Waals surface area contributed by atoms with Crippen LogP contribution in [-0.4, -0.2) is 31.5 Å². The fourth-order valence-corrected chi connectivity index (χ4v) is 1.77. The molecule has 18 heavy (non-hydrogen) atoms. The smallest absolute Gasteiger partial charge is 0.253 e. The van der Waals surface area contributed by atoms with Crippen molar-refractivity contribution in [3.63, 3.8) is 0 Å². The standard InChI is InChI=1S/C11H10N6O/c18-11(13-6-10-14-16-17-15-10)8-5-12-9-4-2-1-3-7(8)9/h1-5,12H,6H2,(H,13,18)(H,14,15,16,17). The molecule has 0 spiro atoms. The van der Waals surface area contributed by atoms with E-state index in [1.807, 2.05) is 24.3 Å². The van der Waals surface area contributed by atoms with Crippen molar-refractivity contribution in [3.8, 4) is 0 Å². The quantitative estimate of drug-likeness (QED) is 0.626. The first kappa shape index (κ1) is 10.5. The number of amides is 1. The normalized spacial score (nSPS) is 10.7. The molecule has 1 amide bonds. The molecule has 0 fully saturated rings. The zero-order valence-corrected chi connectivity index (χ0v) is 9.34. The second-order valence-corrected chi connectivity index (χ2v) is 3.76. The molecule has 7 nitrogen and oxygen atoms in total. The molecule has 0 aliphatic heterocycles. The minimum atomic E-state index is -0.169. The van der Waals surface area contributed by atoms with Crippen LogP contribution in [0.4, 0.5) is 0 Å². The van der Waals surface area contributed by atoms with Crippen LogP contribution >= 0.6 is 0 Å². The first-order chi connectivity index (χ1) is 8.84. The minimum absolute atomic E-state index is 0.169. The van der Waals surface area contributed by atoms with Crippen LogP contribution in [0.5, 0.6) is 0 Å². The lowest BCUT2D eigenvalue weighted by molar-refractivity contribution is 0.0951. The first-order valence-electron chi connectivity index (χ1n) is 5.41. The maximum atomic E-state index is 12.0. The van der Waals surface area contributed by atoms with Crippen LogP contribution in [0.25, 0.3) is 10.9 Å². The highest BCUT2D eigenvalue weighted by atomic mass is 16.1. The summed E-state index contributed by atoms with van der Waals surface area (Å²) in [5.41, 5.74) is 1.54. The average Bonchev–Trinajstić information content (AvgIpc) is 3.05. The molecule has 2 heterocycles. The fourth-order valence-electron chi connectivity index (χ4n) is 1.77. The predicted molar refractivity (Wildman–Crippen MR) is 63.6 cm³/mol. The molecule has 3 aromatic rings. The van der Waals surface area contributed by atoms with Crippen LogP contribution in [0, 0.1) is 0 Å². The number of rotatable bonds is 3. The Morgan fingerprint density at radius 1 is 1.33 bits per heavy atom.